The van der Waals surface area contributed by atoms with Crippen LogP contribution in [0.25, 0.3) is 11.1 Å². The minimum absolute atomic E-state index is 0.0552. The second-order valence-corrected chi connectivity index (χ2v) is 7.16. The number of fused-ring (bicyclic) bond motifs is 1. The zero-order valence-electron chi connectivity index (χ0n) is 14.5. The minimum Gasteiger partial charge on any atom is -0.342 e. The van der Waals surface area contributed by atoms with Gasteiger partial charge in [-0.15, -0.1) is 0 Å². The lowest BCUT2D eigenvalue weighted by Crippen LogP contribution is -2.40. The minimum atomic E-state index is -4.51. The van der Waals surface area contributed by atoms with Crippen LogP contribution in [0.3, 0.4) is 0 Å². The Balaban J connectivity index is 1.73. The van der Waals surface area contributed by atoms with Gasteiger partial charge in [0.15, 0.2) is 0 Å². The predicted octanol–water partition coefficient (Wildman–Crippen LogP) is 3.92. The van der Waals surface area contributed by atoms with Crippen molar-refractivity contribution in [1.29, 1.82) is 0 Å². The fourth-order valence-electron chi connectivity index (χ4n) is 3.70. The molecule has 1 aliphatic heterocycles. The summed E-state index contributed by atoms with van der Waals surface area (Å²) < 4.78 is 46.0. The molecule has 0 bridgehead atoms. The number of carbonyl (C=O) groups excluding carboxylic acids is 1. The molecule has 1 saturated carbocycles. The quantitative estimate of drug-likeness (QED) is 0.825. The van der Waals surface area contributed by atoms with Crippen LogP contribution in [0.4, 0.5) is 13.2 Å². The van der Waals surface area contributed by atoms with E-state index in [2.05, 4.69) is 10.1 Å². The van der Waals surface area contributed by atoms with Gasteiger partial charge in [-0.25, -0.2) is 4.98 Å². The van der Waals surface area contributed by atoms with Gasteiger partial charge in [-0.2, -0.15) is 13.2 Å². The van der Waals surface area contributed by atoms with Crippen LogP contribution in [0.2, 0.25) is 0 Å². The summed E-state index contributed by atoms with van der Waals surface area (Å²) in [7, 11) is 0. The summed E-state index contributed by atoms with van der Waals surface area (Å²) in [5, 5.41) is 3.89. The van der Waals surface area contributed by atoms with Crippen molar-refractivity contribution in [3.63, 3.8) is 0 Å². The summed E-state index contributed by atoms with van der Waals surface area (Å²) in [6, 6.07) is 1.08. The van der Waals surface area contributed by atoms with Crippen molar-refractivity contribution in [2.24, 2.45) is 5.92 Å². The van der Waals surface area contributed by atoms with E-state index in [0.29, 0.717) is 31.6 Å². The molecular formula is C18H20F3N3O2. The zero-order chi connectivity index (χ0) is 18.5. The number of rotatable bonds is 3. The van der Waals surface area contributed by atoms with Crippen LogP contribution in [0, 0.1) is 5.92 Å². The predicted molar refractivity (Wildman–Crippen MR) is 87.5 cm³/mol. The molecule has 26 heavy (non-hydrogen) atoms. The monoisotopic (exact) mass is 367 g/mol. The Morgan fingerprint density at radius 3 is 2.77 bits per heavy atom. The van der Waals surface area contributed by atoms with Crippen molar-refractivity contribution in [3.05, 3.63) is 23.0 Å². The van der Waals surface area contributed by atoms with Gasteiger partial charge in [-0.1, -0.05) is 12.1 Å². The molecule has 2 aromatic rings. The standard InChI is InChI=1S/C18H20F3N3O2/c1-2-12-8-13(18(19,20)21)14-15(23-26-16(14)22-12)11-4-3-7-24(9-11)17(25)10-5-6-10/h8,10-11H,2-7,9H2,1H3. The molecule has 140 valence electrons. The van der Waals surface area contributed by atoms with E-state index in [1.165, 1.54) is 0 Å². The summed E-state index contributed by atoms with van der Waals surface area (Å²) in [6.07, 6.45) is -0.877. The first-order chi connectivity index (χ1) is 12.4. The smallest absolute Gasteiger partial charge is 0.342 e. The number of pyridine rings is 1. The first-order valence-electron chi connectivity index (χ1n) is 9.03. The van der Waals surface area contributed by atoms with E-state index in [0.717, 1.165) is 25.3 Å². The maximum atomic E-state index is 13.6. The van der Waals surface area contributed by atoms with Crippen LogP contribution < -0.4 is 0 Å². The normalized spacial score (nSPS) is 21.4. The van der Waals surface area contributed by atoms with E-state index in [1.807, 2.05) is 0 Å². The third kappa shape index (κ3) is 3.05. The second-order valence-electron chi connectivity index (χ2n) is 7.16. The van der Waals surface area contributed by atoms with E-state index in [1.54, 1.807) is 11.8 Å². The van der Waals surface area contributed by atoms with Crippen LogP contribution >= 0.6 is 0 Å². The van der Waals surface area contributed by atoms with Gasteiger partial charge in [-0.05, 0) is 38.2 Å². The molecule has 5 nitrogen and oxygen atoms in total. The largest absolute Gasteiger partial charge is 0.417 e. The fourth-order valence-corrected chi connectivity index (χ4v) is 3.70. The molecule has 0 radical (unpaired) electrons. The molecule has 4 rings (SSSR count). The summed E-state index contributed by atoms with van der Waals surface area (Å²) in [5.74, 6) is -0.0460. The van der Waals surface area contributed by atoms with E-state index in [4.69, 9.17) is 4.52 Å². The number of nitrogens with zero attached hydrogens (tertiary/aromatic N) is 3. The van der Waals surface area contributed by atoms with Crippen LogP contribution in [0.1, 0.15) is 55.5 Å². The lowest BCUT2D eigenvalue weighted by atomic mass is 9.91. The number of hydrogen-bond acceptors (Lipinski definition) is 4. The number of piperidine rings is 1. The highest BCUT2D eigenvalue weighted by Crippen LogP contribution is 2.41. The van der Waals surface area contributed by atoms with Crippen LogP contribution in [0.5, 0.6) is 0 Å². The Hall–Kier alpha value is -2.12. The number of halogens is 3. The van der Waals surface area contributed by atoms with Gasteiger partial charge < -0.3 is 9.42 Å². The lowest BCUT2D eigenvalue weighted by molar-refractivity contribution is -0.136. The highest BCUT2D eigenvalue weighted by Gasteiger charge is 2.39. The molecule has 2 fully saturated rings. The summed E-state index contributed by atoms with van der Waals surface area (Å²) in [4.78, 5) is 18.3. The molecule has 8 heteroatoms. The molecule has 1 amide bonds. The van der Waals surface area contributed by atoms with Gasteiger partial charge in [0, 0.05) is 30.6 Å². The molecule has 2 aromatic heterocycles. The van der Waals surface area contributed by atoms with Crippen molar-refractivity contribution >= 4 is 17.0 Å². The third-order valence-electron chi connectivity index (χ3n) is 5.24. The summed E-state index contributed by atoms with van der Waals surface area (Å²) in [6.45, 7) is 2.80. The van der Waals surface area contributed by atoms with E-state index in [9.17, 15) is 18.0 Å². The maximum Gasteiger partial charge on any atom is 0.417 e. The second kappa shape index (κ2) is 6.25. The Morgan fingerprint density at radius 2 is 2.12 bits per heavy atom. The summed E-state index contributed by atoms with van der Waals surface area (Å²) >= 11 is 0. The van der Waals surface area contributed by atoms with Gasteiger partial charge in [0.25, 0.3) is 5.71 Å². The topological polar surface area (TPSA) is 59.2 Å². The van der Waals surface area contributed by atoms with Crippen LogP contribution in [0.15, 0.2) is 10.6 Å². The third-order valence-corrected chi connectivity index (χ3v) is 5.24. The molecule has 1 aliphatic carbocycles. The number of likely N-dealkylation sites (tertiary alicyclic amines) is 1. The first kappa shape index (κ1) is 17.3. The Kier molecular flexibility index (Phi) is 4.16. The van der Waals surface area contributed by atoms with E-state index < -0.39 is 11.7 Å². The molecule has 2 aliphatic rings. The number of aromatic nitrogens is 2. The van der Waals surface area contributed by atoms with E-state index in [-0.39, 0.29) is 34.5 Å². The summed E-state index contributed by atoms with van der Waals surface area (Å²) in [5.41, 5.74) is -0.226. The van der Waals surface area contributed by atoms with Crippen molar-refractivity contribution < 1.29 is 22.5 Å². The molecular weight excluding hydrogens is 347 g/mol. The molecule has 1 unspecified atom stereocenters. The van der Waals surface area contributed by atoms with Gasteiger partial charge >= 0.3 is 6.18 Å². The Labute approximate surface area is 148 Å². The highest BCUT2D eigenvalue weighted by atomic mass is 19.4. The molecule has 0 aromatic carbocycles. The SMILES string of the molecule is CCc1cc(C(F)(F)F)c2c(C3CCCN(C(=O)C4CC4)C3)noc2n1. The van der Waals surface area contributed by atoms with Gasteiger partial charge in [0.2, 0.25) is 5.91 Å². The van der Waals surface area contributed by atoms with Crippen molar-refractivity contribution in [2.75, 3.05) is 13.1 Å². The molecule has 0 N–H and O–H groups in total. The Morgan fingerprint density at radius 1 is 1.35 bits per heavy atom. The lowest BCUT2D eigenvalue weighted by Gasteiger charge is -2.32. The first-order valence-corrected chi connectivity index (χ1v) is 9.03. The highest BCUT2D eigenvalue weighted by molar-refractivity contribution is 5.83. The molecule has 1 saturated heterocycles. The van der Waals surface area contributed by atoms with Crippen molar-refractivity contribution in [3.8, 4) is 0 Å². The van der Waals surface area contributed by atoms with Gasteiger partial charge in [0.1, 0.15) is 0 Å². The average Bonchev–Trinajstić information content (AvgIpc) is 3.38. The number of aryl methyl sites for hydroxylation is 1. The number of carbonyl (C=O) groups is 1. The van der Waals surface area contributed by atoms with Crippen molar-refractivity contribution in [2.45, 2.75) is 51.1 Å². The van der Waals surface area contributed by atoms with Gasteiger partial charge in [0.05, 0.1) is 16.6 Å². The Bertz CT molecular complexity index is 842. The number of hydrogen-bond donors (Lipinski definition) is 0. The van der Waals surface area contributed by atoms with Crippen LogP contribution in [-0.2, 0) is 17.4 Å². The fraction of sp³-hybridized carbons (Fsp3) is 0.611. The zero-order valence-corrected chi connectivity index (χ0v) is 14.5. The van der Waals surface area contributed by atoms with Gasteiger partial charge in [-0.3, -0.25) is 4.79 Å². The molecule has 0 spiro atoms. The molecule has 3 heterocycles. The van der Waals surface area contributed by atoms with E-state index >= 15 is 0 Å². The van der Waals surface area contributed by atoms with Crippen LogP contribution in [-0.4, -0.2) is 34.0 Å². The maximum absolute atomic E-state index is 13.6. The number of alkyl halides is 3. The molecule has 1 atom stereocenters. The van der Waals surface area contributed by atoms with Crippen molar-refractivity contribution in [1.82, 2.24) is 15.0 Å². The average molecular weight is 367 g/mol. The number of amides is 1.